The van der Waals surface area contributed by atoms with Gasteiger partial charge in [0.1, 0.15) is 5.75 Å². The molecular formula is C14H23NO2. The van der Waals surface area contributed by atoms with E-state index in [9.17, 15) is 5.11 Å². The van der Waals surface area contributed by atoms with Gasteiger partial charge < -0.3 is 14.7 Å². The van der Waals surface area contributed by atoms with Crippen molar-refractivity contribution in [3.05, 3.63) is 23.3 Å². The maximum atomic E-state index is 9.40. The minimum atomic E-state index is -0.270. The van der Waals surface area contributed by atoms with Gasteiger partial charge >= 0.3 is 0 Å². The fourth-order valence-electron chi connectivity index (χ4n) is 1.90. The number of aliphatic hydroxyl groups excluding tert-OH is 1. The summed E-state index contributed by atoms with van der Waals surface area (Å²) >= 11 is 0. The van der Waals surface area contributed by atoms with Gasteiger partial charge in [0.15, 0.2) is 0 Å². The van der Waals surface area contributed by atoms with Gasteiger partial charge in [-0.1, -0.05) is 0 Å². The highest BCUT2D eigenvalue weighted by Gasteiger charge is 2.23. The molecule has 17 heavy (non-hydrogen) atoms. The molecule has 1 aromatic rings. The van der Waals surface area contributed by atoms with E-state index in [2.05, 4.69) is 17.0 Å². The number of hydrogen-bond acceptors (Lipinski definition) is 3. The van der Waals surface area contributed by atoms with Gasteiger partial charge in [0.25, 0.3) is 0 Å². The van der Waals surface area contributed by atoms with Crippen LogP contribution in [0.5, 0.6) is 5.75 Å². The van der Waals surface area contributed by atoms with Crippen LogP contribution in [0.2, 0.25) is 0 Å². The molecule has 0 aliphatic heterocycles. The molecule has 1 N–H and O–H groups in total. The lowest BCUT2D eigenvalue weighted by molar-refractivity contribution is 0.216. The predicted molar refractivity (Wildman–Crippen MR) is 72.0 cm³/mol. The summed E-state index contributed by atoms with van der Waals surface area (Å²) in [5.41, 5.74) is 3.05. The summed E-state index contributed by atoms with van der Waals surface area (Å²) in [4.78, 5) is 2.09. The van der Waals surface area contributed by atoms with Crippen molar-refractivity contribution in [2.75, 3.05) is 25.7 Å². The molecule has 0 saturated carbocycles. The second-order valence-electron chi connectivity index (χ2n) is 5.14. The normalized spacial score (nSPS) is 11.5. The first-order chi connectivity index (χ1) is 7.83. The monoisotopic (exact) mass is 237 g/mol. The van der Waals surface area contributed by atoms with Crippen LogP contribution < -0.4 is 9.64 Å². The van der Waals surface area contributed by atoms with E-state index in [1.165, 1.54) is 0 Å². The molecule has 0 heterocycles. The summed E-state index contributed by atoms with van der Waals surface area (Å²) in [6, 6.07) is 4.17. The largest absolute Gasteiger partial charge is 0.496 e. The average Bonchev–Trinajstić information content (AvgIpc) is 2.27. The van der Waals surface area contributed by atoms with E-state index in [0.29, 0.717) is 0 Å². The number of rotatable bonds is 4. The molecule has 96 valence electrons. The van der Waals surface area contributed by atoms with E-state index >= 15 is 0 Å². The van der Waals surface area contributed by atoms with Crippen molar-refractivity contribution < 1.29 is 9.84 Å². The third-order valence-corrected chi connectivity index (χ3v) is 3.33. The lowest BCUT2D eigenvalue weighted by Crippen LogP contribution is -2.44. The Bertz CT molecular complexity index is 376. The molecule has 0 atom stereocenters. The van der Waals surface area contributed by atoms with Crippen LogP contribution in [0.4, 0.5) is 5.69 Å². The maximum absolute atomic E-state index is 9.40. The Balaban J connectivity index is 3.17. The van der Waals surface area contributed by atoms with Crippen molar-refractivity contribution in [2.45, 2.75) is 33.2 Å². The highest BCUT2D eigenvalue weighted by atomic mass is 16.5. The lowest BCUT2D eigenvalue weighted by Gasteiger charge is -2.36. The first-order valence-corrected chi connectivity index (χ1v) is 5.83. The number of methoxy groups -OCH3 is 1. The van der Waals surface area contributed by atoms with Crippen LogP contribution in [0.3, 0.4) is 0 Å². The number of nitrogens with zero attached hydrogens (tertiary/aromatic N) is 1. The van der Waals surface area contributed by atoms with E-state index in [0.717, 1.165) is 22.6 Å². The summed E-state index contributed by atoms with van der Waals surface area (Å²) < 4.78 is 5.35. The summed E-state index contributed by atoms with van der Waals surface area (Å²) in [6.07, 6.45) is 0. The fourth-order valence-corrected chi connectivity index (χ4v) is 1.90. The highest BCUT2D eigenvalue weighted by Crippen LogP contribution is 2.30. The van der Waals surface area contributed by atoms with E-state index in [4.69, 9.17) is 4.74 Å². The van der Waals surface area contributed by atoms with Gasteiger partial charge in [-0.3, -0.25) is 0 Å². The predicted octanol–water partition coefficient (Wildman–Crippen LogP) is 2.52. The number of hydrogen-bond donors (Lipinski definition) is 1. The van der Waals surface area contributed by atoms with Crippen LogP contribution in [-0.4, -0.2) is 31.4 Å². The lowest BCUT2D eigenvalue weighted by atomic mass is 10.0. The van der Waals surface area contributed by atoms with E-state index in [1.54, 1.807) is 7.11 Å². The Morgan fingerprint density at radius 1 is 1.24 bits per heavy atom. The molecule has 1 rings (SSSR count). The minimum Gasteiger partial charge on any atom is -0.496 e. The zero-order valence-corrected chi connectivity index (χ0v) is 11.7. The van der Waals surface area contributed by atoms with E-state index in [-0.39, 0.29) is 12.1 Å². The summed E-state index contributed by atoms with van der Waals surface area (Å²) in [7, 11) is 3.69. The number of aryl methyl sites for hydroxylation is 2. The highest BCUT2D eigenvalue weighted by molar-refractivity contribution is 5.57. The van der Waals surface area contributed by atoms with Gasteiger partial charge in [-0.2, -0.15) is 0 Å². The van der Waals surface area contributed by atoms with Crippen molar-refractivity contribution in [3.63, 3.8) is 0 Å². The maximum Gasteiger partial charge on any atom is 0.124 e. The van der Waals surface area contributed by atoms with Crippen LogP contribution in [0.15, 0.2) is 12.1 Å². The zero-order chi connectivity index (χ0) is 13.2. The molecule has 0 aromatic heterocycles. The molecule has 0 aliphatic rings. The van der Waals surface area contributed by atoms with E-state index in [1.807, 2.05) is 34.7 Å². The van der Waals surface area contributed by atoms with E-state index < -0.39 is 0 Å². The van der Waals surface area contributed by atoms with Gasteiger partial charge in [-0.25, -0.2) is 0 Å². The molecule has 0 amide bonds. The van der Waals surface area contributed by atoms with Crippen molar-refractivity contribution in [2.24, 2.45) is 0 Å². The van der Waals surface area contributed by atoms with Crippen LogP contribution >= 0.6 is 0 Å². The van der Waals surface area contributed by atoms with Crippen molar-refractivity contribution in [3.8, 4) is 5.75 Å². The Morgan fingerprint density at radius 3 is 2.06 bits per heavy atom. The van der Waals surface area contributed by atoms with Gasteiger partial charge in [0.2, 0.25) is 0 Å². The molecular weight excluding hydrogens is 214 g/mol. The average molecular weight is 237 g/mol. The molecule has 3 nitrogen and oxygen atoms in total. The van der Waals surface area contributed by atoms with Crippen LogP contribution in [0.1, 0.15) is 25.0 Å². The van der Waals surface area contributed by atoms with Crippen LogP contribution in [0, 0.1) is 13.8 Å². The molecule has 0 radical (unpaired) electrons. The summed E-state index contributed by atoms with van der Waals surface area (Å²) in [6.45, 7) is 8.22. The Kier molecular flexibility index (Phi) is 4.04. The van der Waals surface area contributed by atoms with Gasteiger partial charge in [-0.15, -0.1) is 0 Å². The van der Waals surface area contributed by atoms with Crippen molar-refractivity contribution in [1.29, 1.82) is 0 Å². The molecule has 3 heteroatoms. The Labute approximate surface area is 104 Å². The molecule has 0 aliphatic carbocycles. The number of ether oxygens (including phenoxy) is 1. The number of likely N-dealkylation sites (N-methyl/N-ethyl adjacent to an activating group) is 1. The smallest absolute Gasteiger partial charge is 0.124 e. The summed E-state index contributed by atoms with van der Waals surface area (Å²) in [5, 5.41) is 9.40. The van der Waals surface area contributed by atoms with Gasteiger partial charge in [-0.05, 0) is 51.0 Å². The SMILES string of the molecule is COc1c(C)cc(N(C)C(C)(C)CO)cc1C. The second kappa shape index (κ2) is 4.96. The third kappa shape index (κ3) is 2.72. The van der Waals surface area contributed by atoms with Crippen molar-refractivity contribution in [1.82, 2.24) is 0 Å². The molecule has 0 spiro atoms. The van der Waals surface area contributed by atoms with Crippen LogP contribution in [-0.2, 0) is 0 Å². The molecule has 1 aromatic carbocycles. The van der Waals surface area contributed by atoms with Gasteiger partial charge in [0.05, 0.1) is 19.3 Å². The number of benzene rings is 1. The quantitative estimate of drug-likeness (QED) is 0.873. The number of anilines is 1. The standard InChI is InChI=1S/C14H23NO2/c1-10-7-12(8-11(2)13(10)17-6)15(5)14(3,4)9-16/h7-8,16H,9H2,1-6H3. The summed E-state index contributed by atoms with van der Waals surface area (Å²) in [5.74, 6) is 0.934. The Morgan fingerprint density at radius 2 is 1.71 bits per heavy atom. The fraction of sp³-hybridized carbons (Fsp3) is 0.571. The third-order valence-electron chi connectivity index (χ3n) is 3.33. The Hall–Kier alpha value is -1.22. The molecule has 0 saturated heterocycles. The molecule has 0 fully saturated rings. The zero-order valence-electron chi connectivity index (χ0n) is 11.7. The van der Waals surface area contributed by atoms with Crippen molar-refractivity contribution >= 4 is 5.69 Å². The topological polar surface area (TPSA) is 32.7 Å². The second-order valence-corrected chi connectivity index (χ2v) is 5.14. The van der Waals surface area contributed by atoms with Crippen LogP contribution in [0.25, 0.3) is 0 Å². The minimum absolute atomic E-state index is 0.119. The molecule has 0 bridgehead atoms. The first-order valence-electron chi connectivity index (χ1n) is 5.83. The van der Waals surface area contributed by atoms with Gasteiger partial charge in [0, 0.05) is 12.7 Å². The molecule has 0 unspecified atom stereocenters. The number of aliphatic hydroxyl groups is 1. The first kappa shape index (κ1) is 13.8.